The van der Waals surface area contributed by atoms with Crippen LogP contribution in [0.1, 0.15) is 31.2 Å². The Labute approximate surface area is 113 Å². The molecule has 0 aliphatic carbocycles. The van der Waals surface area contributed by atoms with E-state index in [9.17, 15) is 0 Å². The molecule has 0 bridgehead atoms. The summed E-state index contributed by atoms with van der Waals surface area (Å²) in [6, 6.07) is 7.77. The van der Waals surface area contributed by atoms with Gasteiger partial charge in [-0.2, -0.15) is 0 Å². The maximum absolute atomic E-state index is 6.55. The fourth-order valence-corrected chi connectivity index (χ4v) is 2.63. The van der Waals surface area contributed by atoms with Gasteiger partial charge in [-0.25, -0.2) is 0 Å². The molecule has 0 radical (unpaired) electrons. The predicted octanol–water partition coefficient (Wildman–Crippen LogP) is 2.68. The topological polar surface area (TPSA) is 64.4 Å². The van der Waals surface area contributed by atoms with Crippen LogP contribution in [-0.4, -0.2) is 18.1 Å². The molecule has 0 spiro atoms. The summed E-state index contributed by atoms with van der Waals surface area (Å²) in [5.74, 6) is 0.710. The van der Waals surface area contributed by atoms with Crippen LogP contribution in [-0.2, 0) is 5.54 Å². The van der Waals surface area contributed by atoms with Gasteiger partial charge in [-0.1, -0.05) is 31.0 Å². The monoisotopic (exact) mass is 265 g/mol. The fourth-order valence-electron chi connectivity index (χ4n) is 2.44. The van der Waals surface area contributed by atoms with Crippen LogP contribution in [0.3, 0.4) is 0 Å². The molecular formula is C14H20ClN3. The lowest BCUT2D eigenvalue weighted by Crippen LogP contribution is -2.54. The Balaban J connectivity index is 2.16. The zero-order valence-electron chi connectivity index (χ0n) is 10.5. The Morgan fingerprint density at radius 1 is 1.22 bits per heavy atom. The fraction of sp³-hybridized carbons (Fsp3) is 0.500. The summed E-state index contributed by atoms with van der Waals surface area (Å²) in [7, 11) is 0. The van der Waals surface area contributed by atoms with Crippen LogP contribution < -0.4 is 11.5 Å². The van der Waals surface area contributed by atoms with E-state index < -0.39 is 5.54 Å². The van der Waals surface area contributed by atoms with Crippen LogP contribution >= 0.6 is 11.6 Å². The smallest absolute Gasteiger partial charge is 0.0677 e. The second-order valence-electron chi connectivity index (χ2n) is 4.86. The van der Waals surface area contributed by atoms with Crippen molar-refractivity contribution in [3.63, 3.8) is 0 Å². The Bertz CT molecular complexity index is 433. The number of aliphatic imine (C=N–C) groups is 1. The average Bonchev–Trinajstić information content (AvgIpc) is 2.40. The van der Waals surface area contributed by atoms with Crippen molar-refractivity contribution in [1.82, 2.24) is 0 Å². The van der Waals surface area contributed by atoms with E-state index in [4.69, 9.17) is 23.1 Å². The molecule has 2 rings (SSSR count). The van der Waals surface area contributed by atoms with Gasteiger partial charge in [0.1, 0.15) is 0 Å². The van der Waals surface area contributed by atoms with Crippen molar-refractivity contribution < 1.29 is 0 Å². The number of halogens is 1. The molecule has 1 aromatic carbocycles. The minimum Gasteiger partial charge on any atom is -0.321 e. The molecule has 0 aromatic heterocycles. The molecule has 2 unspecified atom stereocenters. The molecule has 4 heteroatoms. The molecule has 4 N–H and O–H groups in total. The van der Waals surface area contributed by atoms with E-state index in [0.717, 1.165) is 36.9 Å². The van der Waals surface area contributed by atoms with E-state index in [2.05, 4.69) is 4.99 Å². The third-order valence-corrected chi connectivity index (χ3v) is 3.87. The lowest BCUT2D eigenvalue weighted by molar-refractivity contribution is 0.365. The third-order valence-electron chi connectivity index (χ3n) is 3.60. The van der Waals surface area contributed by atoms with Crippen LogP contribution in [0.5, 0.6) is 0 Å². The lowest BCUT2D eigenvalue weighted by atomic mass is 9.78. The van der Waals surface area contributed by atoms with E-state index in [0.29, 0.717) is 5.88 Å². The van der Waals surface area contributed by atoms with Gasteiger partial charge >= 0.3 is 0 Å². The van der Waals surface area contributed by atoms with Crippen molar-refractivity contribution in [2.75, 3.05) is 5.88 Å². The van der Waals surface area contributed by atoms with Crippen molar-refractivity contribution in [2.24, 2.45) is 16.5 Å². The number of fused-ring (bicyclic) bond motifs is 1. The third kappa shape index (κ3) is 2.58. The number of unbranched alkanes of at least 4 members (excludes halogenated alkanes) is 2. The summed E-state index contributed by atoms with van der Waals surface area (Å²) in [5.41, 5.74) is 14.2. The van der Waals surface area contributed by atoms with Gasteiger partial charge in [-0.15, -0.1) is 11.6 Å². The quantitative estimate of drug-likeness (QED) is 0.635. The van der Waals surface area contributed by atoms with Crippen LogP contribution in [0.2, 0.25) is 0 Å². The molecule has 1 aliphatic heterocycles. The first-order chi connectivity index (χ1) is 8.68. The minimum absolute atomic E-state index is 0.219. The number of hydrogen-bond donors (Lipinski definition) is 2. The SMILES string of the molecule is NC1C=Nc2ccccc2C1(N)CCCCCCl. The van der Waals surface area contributed by atoms with E-state index in [-0.39, 0.29) is 6.04 Å². The molecule has 0 saturated heterocycles. The van der Waals surface area contributed by atoms with Gasteiger partial charge < -0.3 is 11.5 Å². The van der Waals surface area contributed by atoms with Crippen molar-refractivity contribution in [3.05, 3.63) is 29.8 Å². The van der Waals surface area contributed by atoms with Gasteiger partial charge in [-0.3, -0.25) is 4.99 Å². The molecule has 2 atom stereocenters. The second kappa shape index (κ2) is 5.83. The number of nitrogens with zero attached hydrogens (tertiary/aromatic N) is 1. The van der Waals surface area contributed by atoms with Crippen LogP contribution in [0.15, 0.2) is 29.3 Å². The Kier molecular flexibility index (Phi) is 4.38. The summed E-state index contributed by atoms with van der Waals surface area (Å²) in [5, 5.41) is 0. The van der Waals surface area contributed by atoms with Crippen molar-refractivity contribution in [2.45, 2.75) is 37.3 Å². The Morgan fingerprint density at radius 3 is 2.78 bits per heavy atom. The van der Waals surface area contributed by atoms with Gasteiger partial charge in [0.25, 0.3) is 0 Å². The molecule has 1 aromatic rings. The zero-order chi connectivity index (χ0) is 13.0. The highest BCUT2D eigenvalue weighted by Gasteiger charge is 2.37. The highest BCUT2D eigenvalue weighted by Crippen LogP contribution is 2.36. The number of alkyl halides is 1. The molecule has 0 saturated carbocycles. The van der Waals surface area contributed by atoms with Crippen molar-refractivity contribution in [3.8, 4) is 0 Å². The number of para-hydroxylation sites is 1. The largest absolute Gasteiger partial charge is 0.321 e. The van der Waals surface area contributed by atoms with Gasteiger partial charge in [0.15, 0.2) is 0 Å². The predicted molar refractivity (Wildman–Crippen MR) is 77.6 cm³/mol. The van der Waals surface area contributed by atoms with Gasteiger partial charge in [0.05, 0.1) is 17.3 Å². The van der Waals surface area contributed by atoms with Crippen molar-refractivity contribution in [1.29, 1.82) is 0 Å². The summed E-state index contributed by atoms with van der Waals surface area (Å²) in [6.07, 6.45) is 5.80. The number of hydrogen-bond acceptors (Lipinski definition) is 3. The van der Waals surface area contributed by atoms with Crippen LogP contribution in [0.25, 0.3) is 0 Å². The Morgan fingerprint density at radius 2 is 2.00 bits per heavy atom. The van der Waals surface area contributed by atoms with Gasteiger partial charge in [0.2, 0.25) is 0 Å². The normalized spacial score (nSPS) is 26.1. The first-order valence-electron chi connectivity index (χ1n) is 6.42. The van der Waals surface area contributed by atoms with Crippen molar-refractivity contribution >= 4 is 23.5 Å². The molecule has 3 nitrogen and oxygen atoms in total. The molecule has 98 valence electrons. The first-order valence-corrected chi connectivity index (χ1v) is 6.96. The maximum Gasteiger partial charge on any atom is 0.0677 e. The number of benzene rings is 1. The van der Waals surface area contributed by atoms with E-state index in [1.165, 1.54) is 0 Å². The number of rotatable bonds is 5. The lowest BCUT2D eigenvalue weighted by Gasteiger charge is -2.37. The molecular weight excluding hydrogens is 246 g/mol. The summed E-state index contributed by atoms with van der Waals surface area (Å²) >= 11 is 5.69. The van der Waals surface area contributed by atoms with Gasteiger partial charge in [-0.05, 0) is 24.5 Å². The molecule has 1 heterocycles. The average molecular weight is 266 g/mol. The molecule has 18 heavy (non-hydrogen) atoms. The van der Waals surface area contributed by atoms with Crippen LogP contribution in [0.4, 0.5) is 5.69 Å². The highest BCUT2D eigenvalue weighted by atomic mass is 35.5. The van der Waals surface area contributed by atoms with Gasteiger partial charge in [0, 0.05) is 12.1 Å². The summed E-state index contributed by atoms with van der Waals surface area (Å²) in [6.45, 7) is 0. The van der Waals surface area contributed by atoms with E-state index in [1.807, 2.05) is 24.3 Å². The Hall–Kier alpha value is -0.900. The standard InChI is InChI=1S/C14H20ClN3/c15-9-5-1-4-8-14(17)11-6-2-3-7-12(11)18-10-13(14)16/h2-3,6-7,10,13H,1,4-5,8-9,16-17H2. The summed E-state index contributed by atoms with van der Waals surface area (Å²) < 4.78 is 0. The maximum atomic E-state index is 6.55. The van der Waals surface area contributed by atoms with Crippen LogP contribution in [0, 0.1) is 0 Å². The molecule has 0 amide bonds. The zero-order valence-corrected chi connectivity index (χ0v) is 11.2. The second-order valence-corrected chi connectivity index (χ2v) is 5.24. The minimum atomic E-state index is -0.495. The van der Waals surface area contributed by atoms with E-state index in [1.54, 1.807) is 6.21 Å². The summed E-state index contributed by atoms with van der Waals surface area (Å²) in [4.78, 5) is 4.36. The molecule has 1 aliphatic rings. The number of nitrogens with two attached hydrogens (primary N) is 2. The van der Waals surface area contributed by atoms with E-state index >= 15 is 0 Å². The first kappa shape index (κ1) is 13.5. The molecule has 0 fully saturated rings. The highest BCUT2D eigenvalue weighted by molar-refractivity contribution is 6.17.